The normalized spacial score (nSPS) is 11.4. The van der Waals surface area contributed by atoms with Crippen molar-refractivity contribution in [2.45, 2.75) is 24.9 Å². The highest BCUT2D eigenvalue weighted by Crippen LogP contribution is 2.31. The summed E-state index contributed by atoms with van der Waals surface area (Å²) in [5, 5.41) is 11.8. The van der Waals surface area contributed by atoms with E-state index in [0.29, 0.717) is 21.7 Å². The molecule has 11 heteroatoms. The van der Waals surface area contributed by atoms with E-state index in [9.17, 15) is 18.0 Å². The van der Waals surface area contributed by atoms with Crippen LogP contribution < -0.4 is 10.1 Å². The monoisotopic (exact) mass is 470 g/mol. The highest BCUT2D eigenvalue weighted by Gasteiger charge is 2.30. The van der Waals surface area contributed by atoms with Crippen molar-refractivity contribution in [1.82, 2.24) is 14.8 Å². The molecule has 6 nitrogen and oxygen atoms in total. The highest BCUT2D eigenvalue weighted by atomic mass is 35.5. The number of benzene rings is 2. The fourth-order valence-electron chi connectivity index (χ4n) is 2.57. The highest BCUT2D eigenvalue weighted by molar-refractivity contribution is 7.99. The van der Waals surface area contributed by atoms with E-state index in [2.05, 4.69) is 15.5 Å². The molecule has 0 aliphatic heterocycles. The molecule has 3 rings (SSSR count). The number of halogens is 4. The number of hydrogen-bond donors (Lipinski definition) is 1. The van der Waals surface area contributed by atoms with Crippen LogP contribution in [-0.4, -0.2) is 26.4 Å². The number of rotatable bonds is 7. The molecule has 2 aromatic carbocycles. The number of nitrogens with zero attached hydrogens (tertiary/aromatic N) is 3. The lowest BCUT2D eigenvalue weighted by molar-refractivity contribution is -0.137. The fourth-order valence-corrected chi connectivity index (χ4v) is 3.47. The molecule has 1 N–H and O–H groups in total. The van der Waals surface area contributed by atoms with Crippen LogP contribution in [0, 0.1) is 6.92 Å². The zero-order chi connectivity index (χ0) is 22.6. The largest absolute Gasteiger partial charge is 0.486 e. The lowest BCUT2D eigenvalue weighted by Crippen LogP contribution is -2.15. The van der Waals surface area contributed by atoms with Crippen LogP contribution in [0.1, 0.15) is 17.0 Å². The number of carbonyl (C=O) groups excluding carboxylic acids is 1. The summed E-state index contributed by atoms with van der Waals surface area (Å²) in [5.41, 5.74) is 0.613. The molecule has 1 amide bonds. The second-order valence-electron chi connectivity index (χ2n) is 6.52. The van der Waals surface area contributed by atoms with Crippen LogP contribution in [0.25, 0.3) is 0 Å². The predicted octanol–water partition coefficient (Wildman–Crippen LogP) is 5.11. The molecular formula is C20H18ClF3N4O2S. The number of thioether (sulfide) groups is 1. The van der Waals surface area contributed by atoms with Gasteiger partial charge in [-0.1, -0.05) is 35.5 Å². The first-order valence-corrected chi connectivity index (χ1v) is 10.4. The molecule has 0 fully saturated rings. The summed E-state index contributed by atoms with van der Waals surface area (Å²) in [6.45, 7) is 1.74. The minimum atomic E-state index is -4.45. The summed E-state index contributed by atoms with van der Waals surface area (Å²) in [7, 11) is 1.69. The van der Waals surface area contributed by atoms with Crippen LogP contribution in [-0.2, 0) is 24.6 Å². The van der Waals surface area contributed by atoms with Gasteiger partial charge in [-0.15, -0.1) is 10.2 Å². The lowest BCUT2D eigenvalue weighted by Gasteiger charge is -2.10. The van der Waals surface area contributed by atoms with Gasteiger partial charge in [0.25, 0.3) is 0 Å². The van der Waals surface area contributed by atoms with E-state index in [-0.39, 0.29) is 24.0 Å². The zero-order valence-electron chi connectivity index (χ0n) is 16.5. The number of aromatic nitrogens is 3. The number of carbonyl (C=O) groups is 1. The van der Waals surface area contributed by atoms with Crippen molar-refractivity contribution in [3.05, 3.63) is 64.4 Å². The van der Waals surface area contributed by atoms with E-state index < -0.39 is 11.7 Å². The Kier molecular flexibility index (Phi) is 7.11. The Labute approximate surface area is 185 Å². The molecule has 0 bridgehead atoms. The van der Waals surface area contributed by atoms with Crippen LogP contribution in [0.4, 0.5) is 18.9 Å². The van der Waals surface area contributed by atoms with Crippen LogP contribution in [0.15, 0.2) is 47.6 Å². The van der Waals surface area contributed by atoms with Crippen molar-refractivity contribution in [3.63, 3.8) is 0 Å². The van der Waals surface area contributed by atoms with Crippen molar-refractivity contribution >= 4 is 35.0 Å². The lowest BCUT2D eigenvalue weighted by atomic mass is 10.2. The van der Waals surface area contributed by atoms with Crippen molar-refractivity contribution in [2.24, 2.45) is 7.05 Å². The number of hydrogen-bond acceptors (Lipinski definition) is 5. The molecule has 0 unspecified atom stereocenters. The molecule has 1 heterocycles. The van der Waals surface area contributed by atoms with E-state index in [4.69, 9.17) is 16.3 Å². The van der Waals surface area contributed by atoms with Crippen LogP contribution >= 0.6 is 23.4 Å². The second kappa shape index (κ2) is 9.61. The number of ether oxygens (including phenoxy) is 1. The fraction of sp³-hybridized carbons (Fsp3) is 0.250. The quantitative estimate of drug-likeness (QED) is 0.486. The molecule has 31 heavy (non-hydrogen) atoms. The van der Waals surface area contributed by atoms with Gasteiger partial charge in [0.05, 0.1) is 11.3 Å². The molecule has 0 saturated carbocycles. The van der Waals surface area contributed by atoms with Crippen molar-refractivity contribution < 1.29 is 22.7 Å². The summed E-state index contributed by atoms with van der Waals surface area (Å²) < 4.78 is 45.5. The van der Waals surface area contributed by atoms with Gasteiger partial charge in [0.15, 0.2) is 11.0 Å². The number of amides is 1. The average molecular weight is 471 g/mol. The molecule has 0 spiro atoms. The first-order valence-electron chi connectivity index (χ1n) is 9.01. The van der Waals surface area contributed by atoms with Gasteiger partial charge in [-0.2, -0.15) is 13.2 Å². The summed E-state index contributed by atoms with van der Waals surface area (Å²) in [6, 6.07) is 9.85. The Morgan fingerprint density at radius 3 is 2.71 bits per heavy atom. The SMILES string of the molecule is Cc1c(Cl)cccc1NC(=O)CSc1nnc(COc2cccc(C(F)(F)F)c2)n1C. The minimum Gasteiger partial charge on any atom is -0.486 e. The number of nitrogens with one attached hydrogen (secondary N) is 1. The predicted molar refractivity (Wildman–Crippen MR) is 112 cm³/mol. The summed E-state index contributed by atoms with van der Waals surface area (Å²) in [6.07, 6.45) is -4.45. The molecule has 0 saturated heterocycles. The van der Waals surface area contributed by atoms with Gasteiger partial charge in [0, 0.05) is 17.8 Å². The summed E-state index contributed by atoms with van der Waals surface area (Å²) in [4.78, 5) is 12.2. The van der Waals surface area contributed by atoms with E-state index >= 15 is 0 Å². The molecule has 3 aromatic rings. The molecular weight excluding hydrogens is 453 g/mol. The van der Waals surface area contributed by atoms with Gasteiger partial charge in [0.1, 0.15) is 12.4 Å². The van der Waals surface area contributed by atoms with Crippen LogP contribution in [0.3, 0.4) is 0 Å². The smallest absolute Gasteiger partial charge is 0.416 e. The maximum absolute atomic E-state index is 12.8. The van der Waals surface area contributed by atoms with Gasteiger partial charge < -0.3 is 14.6 Å². The summed E-state index contributed by atoms with van der Waals surface area (Å²) in [5.74, 6) is 0.335. The molecule has 1 aromatic heterocycles. The third kappa shape index (κ3) is 5.92. The number of anilines is 1. The van der Waals surface area contributed by atoms with Crippen LogP contribution in [0.2, 0.25) is 5.02 Å². The third-order valence-corrected chi connectivity index (χ3v) is 5.76. The van der Waals surface area contributed by atoms with Crippen molar-refractivity contribution in [2.75, 3.05) is 11.1 Å². The Bertz CT molecular complexity index is 1090. The molecule has 164 valence electrons. The molecule has 0 aliphatic rings. The zero-order valence-corrected chi connectivity index (χ0v) is 18.1. The Morgan fingerprint density at radius 2 is 1.97 bits per heavy atom. The maximum Gasteiger partial charge on any atom is 0.416 e. The maximum atomic E-state index is 12.8. The van der Waals surface area contributed by atoms with Gasteiger partial charge in [-0.05, 0) is 42.8 Å². The van der Waals surface area contributed by atoms with Gasteiger partial charge in [-0.25, -0.2) is 0 Å². The van der Waals surface area contributed by atoms with E-state index in [1.807, 2.05) is 6.92 Å². The van der Waals surface area contributed by atoms with Gasteiger partial charge in [-0.3, -0.25) is 4.79 Å². The molecule has 0 radical (unpaired) electrons. The first kappa shape index (κ1) is 23.0. The second-order valence-corrected chi connectivity index (χ2v) is 7.87. The molecule has 0 atom stereocenters. The first-order chi connectivity index (χ1) is 14.6. The number of alkyl halides is 3. The third-order valence-electron chi connectivity index (χ3n) is 4.33. The van der Waals surface area contributed by atoms with E-state index in [1.54, 1.807) is 29.8 Å². The summed E-state index contributed by atoms with van der Waals surface area (Å²) >= 11 is 7.23. The standard InChI is InChI=1S/C20H18ClF3N4O2S/c1-12-15(21)7-4-8-16(12)25-18(29)11-31-19-27-26-17(28(19)2)10-30-14-6-3-5-13(9-14)20(22,23)24/h3-9H,10-11H2,1-2H3,(H,25,29). The Morgan fingerprint density at radius 1 is 1.23 bits per heavy atom. The van der Waals surface area contributed by atoms with E-state index in [0.717, 1.165) is 17.7 Å². The van der Waals surface area contributed by atoms with Crippen molar-refractivity contribution in [3.8, 4) is 5.75 Å². The topological polar surface area (TPSA) is 69.0 Å². The Hall–Kier alpha value is -2.72. The van der Waals surface area contributed by atoms with Gasteiger partial charge in [0.2, 0.25) is 5.91 Å². The Balaban J connectivity index is 1.57. The van der Waals surface area contributed by atoms with Gasteiger partial charge >= 0.3 is 6.18 Å². The average Bonchev–Trinajstić information content (AvgIpc) is 3.07. The van der Waals surface area contributed by atoms with Crippen molar-refractivity contribution in [1.29, 1.82) is 0 Å². The minimum absolute atomic E-state index is 0.0702. The van der Waals surface area contributed by atoms with E-state index in [1.165, 1.54) is 23.9 Å². The molecule has 0 aliphatic carbocycles. The van der Waals surface area contributed by atoms with Crippen LogP contribution in [0.5, 0.6) is 5.75 Å².